The van der Waals surface area contributed by atoms with Gasteiger partial charge in [0.15, 0.2) is 0 Å². The van der Waals surface area contributed by atoms with Gasteiger partial charge in [0.05, 0.1) is 16.1 Å². The Hall–Kier alpha value is -12.3. The van der Waals surface area contributed by atoms with E-state index in [-0.39, 0.29) is 52.6 Å². The number of hydrogen-bond donors (Lipinski definition) is 0. The molecule has 0 atom stereocenters. The summed E-state index contributed by atoms with van der Waals surface area (Å²) >= 11 is 0. The number of fused-ring (bicyclic) bond motifs is 12. The fraction of sp³-hybridized carbons (Fsp3) is 0.268. The van der Waals surface area contributed by atoms with Crippen LogP contribution < -0.4 is 88.9 Å². The molecule has 0 unspecified atom stereocenters. The van der Waals surface area contributed by atoms with Crippen LogP contribution in [0, 0.1) is 6.92 Å². The molecule has 0 aromatic heterocycles. The van der Waals surface area contributed by atoms with E-state index in [1.807, 2.05) is 0 Å². The van der Waals surface area contributed by atoms with E-state index in [4.69, 9.17) is 0 Å². The number of anilines is 18. The second-order valence-corrected chi connectivity index (χ2v) is 57.9. The van der Waals surface area contributed by atoms with E-state index in [2.05, 4.69) is 517 Å². The molecule has 0 aliphatic carbocycles. The third kappa shape index (κ3) is 14.5. The Labute approximate surface area is 802 Å². The highest BCUT2D eigenvalue weighted by molar-refractivity contribution is 7.02. The van der Waals surface area contributed by atoms with Gasteiger partial charge in [0.1, 0.15) is 0 Å². The molecule has 6 nitrogen and oxygen atoms in total. The van der Waals surface area contributed by atoms with Crippen molar-refractivity contribution in [3.8, 4) is 0 Å². The standard InChI is InChI=1S/C123H129B3N6Si2/c1-78-36-50-88(51-37-78)127-105-69-47-85(75-99(105)124-96-72-82(120(11,12)13)44-66-102(96)128(109-31-27-30-108(127)114(109)124)89-52-38-79(39-53-89)117(2,3)4)123(20,86-48-70-106-100(76-86)125-97-73-83(121(14,15)16)45-67-103(97)129(90-54-40-80(41-55-90)118(5,6)7)110-32-28-34-112(115(110)125)131(106)92-58-62-94(63-59-92)133(21,22)23)87-49-71-107-101(77-87)126-98-74-84(122(17,18)19)46-68-104(98)130(91-56-42-81(43-57-91)119(8,9)10)111-33-29-35-113(116(111)126)132(107)93-60-64-95(65-61-93)134(24,25)26/h27-77H,1-26H3. The van der Waals surface area contributed by atoms with Gasteiger partial charge in [-0.25, -0.2) is 0 Å². The minimum absolute atomic E-state index is 0.0253. The highest BCUT2D eigenvalue weighted by Crippen LogP contribution is 2.53. The van der Waals surface area contributed by atoms with Crippen LogP contribution in [0.3, 0.4) is 0 Å². The van der Waals surface area contributed by atoms with Crippen molar-refractivity contribution < 1.29 is 0 Å². The lowest BCUT2D eigenvalue weighted by molar-refractivity contribution is 0.590. The predicted octanol–water partition coefficient (Wildman–Crippen LogP) is 26.5. The molecule has 0 fully saturated rings. The number of nitrogens with zero attached hydrogens (tertiary/aromatic N) is 6. The molecule has 15 aromatic rings. The van der Waals surface area contributed by atoms with E-state index in [0.29, 0.717) is 0 Å². The molecule has 0 spiro atoms. The minimum atomic E-state index is -1.74. The average molecular weight is 1780 g/mol. The van der Waals surface area contributed by atoms with Crippen molar-refractivity contribution in [2.75, 3.05) is 29.4 Å². The van der Waals surface area contributed by atoms with Gasteiger partial charge in [0.25, 0.3) is 20.1 Å². The summed E-state index contributed by atoms with van der Waals surface area (Å²) in [4.78, 5) is 15.6. The predicted molar refractivity (Wildman–Crippen MR) is 590 cm³/mol. The van der Waals surface area contributed by atoms with Gasteiger partial charge in [-0.3, -0.25) is 0 Å². The van der Waals surface area contributed by atoms with E-state index in [1.54, 1.807) is 0 Å². The molecule has 6 heterocycles. The molecule has 6 aliphatic rings. The van der Waals surface area contributed by atoms with Gasteiger partial charge in [-0.05, 0) is 291 Å². The highest BCUT2D eigenvalue weighted by atomic mass is 28.3. The maximum absolute atomic E-state index is 2.72. The van der Waals surface area contributed by atoms with Crippen molar-refractivity contribution in [3.05, 3.63) is 365 Å². The van der Waals surface area contributed by atoms with Crippen molar-refractivity contribution in [2.24, 2.45) is 0 Å². The van der Waals surface area contributed by atoms with Crippen molar-refractivity contribution in [1.82, 2.24) is 0 Å². The lowest BCUT2D eigenvalue weighted by Crippen LogP contribution is -2.62. The van der Waals surface area contributed by atoms with E-state index >= 15 is 0 Å². The first-order valence-corrected chi connectivity index (χ1v) is 56.0. The topological polar surface area (TPSA) is 19.4 Å². The van der Waals surface area contributed by atoms with Crippen LogP contribution in [0.2, 0.25) is 39.3 Å². The second kappa shape index (κ2) is 30.9. The molecular weight excluding hydrogens is 1650 g/mol. The van der Waals surface area contributed by atoms with Gasteiger partial charge in [0.2, 0.25) is 0 Å². The minimum Gasteiger partial charge on any atom is -0.311 e. The maximum atomic E-state index is 2.72. The SMILES string of the molecule is Cc1ccc(N2c3ccc(C(C)(c4ccc5c(c4)B4c6cc(C(C)(C)C)ccc6N(c6ccc(C(C)(C)C)cc6)c6cccc(c64)N5c4ccc([Si](C)(C)C)cc4)c4ccc5c(c4)B4c6cc(C(C)(C)C)ccc6N(c6ccc(C(C)(C)C)cc6)c6cccc(c64)N5c4ccc([Si](C)(C)C)cc4)cc3B3c4cc(C(C)(C)C)ccc4N(c4ccc(C(C)(C)C)cc4)c4cccc2c43)cc1. The first-order valence-electron chi connectivity index (χ1n) is 49.0. The first-order chi connectivity index (χ1) is 63.3. The largest absolute Gasteiger partial charge is 0.311 e. The molecule has 21 rings (SSSR count). The summed E-state index contributed by atoms with van der Waals surface area (Å²) in [5.74, 6) is 0. The quantitative estimate of drug-likeness (QED) is 0.0943. The summed E-state index contributed by atoms with van der Waals surface area (Å²) < 4.78 is 0. The van der Waals surface area contributed by atoms with E-state index in [1.165, 1.54) is 183 Å². The molecule has 0 bridgehead atoms. The summed E-state index contributed by atoms with van der Waals surface area (Å²) in [5.41, 5.74) is 44.2. The number of benzene rings is 15. The Morgan fingerprint density at radius 3 is 0.552 bits per heavy atom. The summed E-state index contributed by atoms with van der Waals surface area (Å²) in [6, 6.07) is 124. The van der Waals surface area contributed by atoms with Crippen LogP contribution in [0.1, 0.15) is 187 Å². The molecule has 11 heteroatoms. The van der Waals surface area contributed by atoms with Crippen LogP contribution in [0.15, 0.2) is 309 Å². The first kappa shape index (κ1) is 88.3. The van der Waals surface area contributed by atoms with E-state index in [9.17, 15) is 0 Å². The molecule has 668 valence electrons. The summed E-state index contributed by atoms with van der Waals surface area (Å²) in [6.07, 6.45) is 0. The van der Waals surface area contributed by atoms with Gasteiger partial charge >= 0.3 is 0 Å². The molecule has 6 aliphatic heterocycles. The van der Waals surface area contributed by atoms with Crippen LogP contribution >= 0.6 is 0 Å². The van der Waals surface area contributed by atoms with Crippen LogP contribution in [0.4, 0.5) is 102 Å². The Balaban J connectivity index is 0.876. The third-order valence-corrected chi connectivity index (χ3v) is 34.7. The van der Waals surface area contributed by atoms with Gasteiger partial charge in [-0.15, -0.1) is 0 Å². The summed E-state index contributed by atoms with van der Waals surface area (Å²) in [6.45, 7) is 61.5. The zero-order valence-electron chi connectivity index (χ0n) is 83.9. The van der Waals surface area contributed by atoms with Gasteiger partial charge in [-0.1, -0.05) is 344 Å². The summed E-state index contributed by atoms with van der Waals surface area (Å²) in [7, 11) is -3.48. The number of aryl methyl sites for hydroxylation is 1. The van der Waals surface area contributed by atoms with Crippen molar-refractivity contribution in [3.63, 3.8) is 0 Å². The molecule has 0 N–H and O–H groups in total. The molecule has 0 radical (unpaired) electrons. The van der Waals surface area contributed by atoms with Crippen LogP contribution in [-0.4, -0.2) is 36.3 Å². The fourth-order valence-electron chi connectivity index (χ4n) is 22.6. The van der Waals surface area contributed by atoms with Crippen molar-refractivity contribution >= 4 is 198 Å². The molecule has 0 saturated heterocycles. The fourth-order valence-corrected chi connectivity index (χ4v) is 24.9. The van der Waals surface area contributed by atoms with Crippen molar-refractivity contribution in [2.45, 2.75) is 216 Å². The van der Waals surface area contributed by atoms with Gasteiger partial charge < -0.3 is 29.4 Å². The smallest absolute Gasteiger partial charge is 0.252 e. The molecule has 134 heavy (non-hydrogen) atoms. The maximum Gasteiger partial charge on any atom is 0.252 e. The molecular formula is C123H129B3N6Si2. The molecule has 0 amide bonds. The molecule has 15 aromatic carbocycles. The van der Waals surface area contributed by atoms with Crippen molar-refractivity contribution in [1.29, 1.82) is 0 Å². The Morgan fingerprint density at radius 2 is 0.358 bits per heavy atom. The number of rotatable bonds is 11. The van der Waals surface area contributed by atoms with Crippen LogP contribution in [0.5, 0.6) is 0 Å². The Morgan fingerprint density at radius 1 is 0.187 bits per heavy atom. The molecule has 0 saturated carbocycles. The zero-order chi connectivity index (χ0) is 94.3. The number of hydrogen-bond acceptors (Lipinski definition) is 6. The van der Waals surface area contributed by atoms with Gasteiger partial charge in [0, 0.05) is 108 Å². The third-order valence-electron chi connectivity index (χ3n) is 30.5. The Bertz CT molecular complexity index is 6920. The lowest BCUT2D eigenvalue weighted by Gasteiger charge is -2.46. The normalized spacial score (nSPS) is 14.5. The average Bonchev–Trinajstić information content (AvgIpc) is 0.694. The lowest BCUT2D eigenvalue weighted by atomic mass is 9.32. The van der Waals surface area contributed by atoms with E-state index < -0.39 is 21.6 Å². The van der Waals surface area contributed by atoms with Gasteiger partial charge in [-0.2, -0.15) is 0 Å². The van der Waals surface area contributed by atoms with Crippen LogP contribution in [0.25, 0.3) is 0 Å². The Kier molecular flexibility index (Phi) is 20.4. The monoisotopic (exact) mass is 1780 g/mol. The summed E-state index contributed by atoms with van der Waals surface area (Å²) in [5, 5.41) is 2.88. The highest BCUT2D eigenvalue weighted by Gasteiger charge is 2.51. The zero-order valence-corrected chi connectivity index (χ0v) is 85.9. The van der Waals surface area contributed by atoms with Crippen LogP contribution in [-0.2, 0) is 37.9 Å². The van der Waals surface area contributed by atoms with E-state index in [0.717, 1.165) is 34.1 Å². The second-order valence-electron chi connectivity index (χ2n) is 47.8.